The molecule has 0 spiro atoms. The van der Waals surface area contributed by atoms with Crippen molar-refractivity contribution >= 4 is 0 Å². The molecule has 0 fully saturated rings. The van der Waals surface area contributed by atoms with E-state index in [0.717, 1.165) is 12.8 Å². The van der Waals surface area contributed by atoms with Crippen molar-refractivity contribution in [2.24, 2.45) is 0 Å². The molecule has 0 N–H and O–H groups in total. The summed E-state index contributed by atoms with van der Waals surface area (Å²) >= 11 is 0. The van der Waals surface area contributed by atoms with Crippen LogP contribution >= 0.6 is 0 Å². The van der Waals surface area contributed by atoms with Crippen molar-refractivity contribution < 1.29 is 0 Å². The minimum Gasteiger partial charge on any atom is -0.128 e. The Morgan fingerprint density at radius 2 is 2.27 bits per heavy atom. The molecule has 1 rings (SSSR count). The van der Waals surface area contributed by atoms with E-state index in [4.69, 9.17) is 0 Å². The van der Waals surface area contributed by atoms with Gasteiger partial charge in [-0.3, -0.25) is 0 Å². The summed E-state index contributed by atoms with van der Waals surface area (Å²) in [4.78, 5) is 0. The molecule has 0 aromatic rings. The normalized spacial score (nSPS) is 16.9. The van der Waals surface area contributed by atoms with Crippen molar-refractivity contribution in [3.63, 3.8) is 0 Å². The molecule has 15 heavy (non-hydrogen) atoms. The highest BCUT2D eigenvalue weighted by atomic mass is 14.1. The summed E-state index contributed by atoms with van der Waals surface area (Å²) in [5.41, 5.74) is 7.95. The van der Waals surface area contributed by atoms with Crippen molar-refractivity contribution in [2.75, 3.05) is 0 Å². The van der Waals surface area contributed by atoms with E-state index < -0.39 is 0 Å². The van der Waals surface area contributed by atoms with E-state index in [2.05, 4.69) is 44.9 Å². The third-order valence-corrected chi connectivity index (χ3v) is 2.70. The van der Waals surface area contributed by atoms with Gasteiger partial charge in [0.05, 0.1) is 0 Å². The van der Waals surface area contributed by atoms with Crippen LogP contribution in [0.2, 0.25) is 0 Å². The molecule has 0 radical (unpaired) electrons. The molecule has 0 atom stereocenters. The monoisotopic (exact) mass is 198 g/mol. The zero-order chi connectivity index (χ0) is 11.3. The third-order valence-electron chi connectivity index (χ3n) is 2.70. The van der Waals surface area contributed by atoms with E-state index in [0.29, 0.717) is 0 Å². The minimum absolute atomic E-state index is 1.14. The summed E-state index contributed by atoms with van der Waals surface area (Å²) in [5, 5.41) is 0. The van der Waals surface area contributed by atoms with Crippen LogP contribution in [0.1, 0.15) is 26.7 Å². The standard InChI is InChI=1S/C15H18/c1-5-9-14(12(3)6-2)15-11-8-7-10-13(15)4/h6,8-9,11H,1-2,7,10H2,3-4H3/b14-12+. The van der Waals surface area contributed by atoms with Crippen LogP contribution in [-0.4, -0.2) is 0 Å². The summed E-state index contributed by atoms with van der Waals surface area (Å²) in [6, 6.07) is 0. The molecule has 0 aliphatic heterocycles. The van der Waals surface area contributed by atoms with Gasteiger partial charge in [0.1, 0.15) is 0 Å². The fourth-order valence-corrected chi connectivity index (χ4v) is 1.71. The van der Waals surface area contributed by atoms with Crippen molar-refractivity contribution in [3.8, 4) is 0 Å². The summed E-state index contributed by atoms with van der Waals surface area (Å²) in [5.74, 6) is 0. The van der Waals surface area contributed by atoms with Gasteiger partial charge in [-0.25, -0.2) is 0 Å². The summed E-state index contributed by atoms with van der Waals surface area (Å²) in [7, 11) is 0. The summed E-state index contributed by atoms with van der Waals surface area (Å²) in [6.07, 6.45) is 10.5. The van der Waals surface area contributed by atoms with Gasteiger partial charge < -0.3 is 0 Å². The molecule has 0 bridgehead atoms. The van der Waals surface area contributed by atoms with E-state index in [1.165, 1.54) is 22.3 Å². The van der Waals surface area contributed by atoms with E-state index >= 15 is 0 Å². The maximum Gasteiger partial charge on any atom is -0.00786 e. The van der Waals surface area contributed by atoms with Gasteiger partial charge in [-0.1, -0.05) is 37.0 Å². The average Bonchev–Trinajstić information content (AvgIpc) is 2.26. The first kappa shape index (κ1) is 11.6. The lowest BCUT2D eigenvalue weighted by Crippen LogP contribution is -1.95. The van der Waals surface area contributed by atoms with Gasteiger partial charge in [0.25, 0.3) is 0 Å². The predicted molar refractivity (Wildman–Crippen MR) is 67.7 cm³/mol. The molecule has 0 heteroatoms. The van der Waals surface area contributed by atoms with Gasteiger partial charge in [-0.05, 0) is 49.5 Å². The molecular formula is C15H18. The van der Waals surface area contributed by atoms with Crippen molar-refractivity contribution in [3.05, 3.63) is 65.5 Å². The van der Waals surface area contributed by atoms with E-state index in [-0.39, 0.29) is 0 Å². The van der Waals surface area contributed by atoms with E-state index in [1.807, 2.05) is 12.2 Å². The molecule has 0 saturated carbocycles. The lowest BCUT2D eigenvalue weighted by Gasteiger charge is -2.14. The Morgan fingerprint density at radius 1 is 1.53 bits per heavy atom. The second-order valence-electron chi connectivity index (χ2n) is 3.78. The Bertz CT molecular complexity index is 394. The summed E-state index contributed by atoms with van der Waals surface area (Å²) < 4.78 is 0. The molecule has 0 aromatic heterocycles. The van der Waals surface area contributed by atoms with Crippen LogP contribution in [0, 0.1) is 0 Å². The molecule has 0 unspecified atom stereocenters. The molecule has 0 amide bonds. The topological polar surface area (TPSA) is 0 Å². The van der Waals surface area contributed by atoms with Gasteiger partial charge in [0.15, 0.2) is 0 Å². The van der Waals surface area contributed by atoms with Crippen LogP contribution in [0.25, 0.3) is 0 Å². The van der Waals surface area contributed by atoms with Crippen LogP contribution in [0.15, 0.2) is 65.5 Å². The second-order valence-corrected chi connectivity index (χ2v) is 3.78. The molecule has 0 heterocycles. The van der Waals surface area contributed by atoms with Gasteiger partial charge >= 0.3 is 0 Å². The van der Waals surface area contributed by atoms with Crippen molar-refractivity contribution in [2.45, 2.75) is 26.7 Å². The van der Waals surface area contributed by atoms with Crippen molar-refractivity contribution in [1.29, 1.82) is 0 Å². The highest BCUT2D eigenvalue weighted by Crippen LogP contribution is 2.27. The molecule has 1 aliphatic rings. The average molecular weight is 198 g/mol. The smallest absolute Gasteiger partial charge is 0.00786 e. The van der Waals surface area contributed by atoms with E-state index in [1.54, 1.807) is 0 Å². The lowest BCUT2D eigenvalue weighted by molar-refractivity contribution is 0.943. The van der Waals surface area contributed by atoms with Crippen LogP contribution < -0.4 is 0 Å². The molecule has 1 aliphatic carbocycles. The zero-order valence-electron chi connectivity index (χ0n) is 9.64. The van der Waals surface area contributed by atoms with Crippen LogP contribution in [-0.2, 0) is 0 Å². The SMILES string of the molecule is C=C=C/C(C1=C(C)CCC=C1)=C(/C)C=C. The quantitative estimate of drug-likeness (QED) is 0.463. The first-order valence-corrected chi connectivity index (χ1v) is 5.26. The summed E-state index contributed by atoms with van der Waals surface area (Å²) in [6.45, 7) is 11.7. The largest absolute Gasteiger partial charge is 0.128 e. The minimum atomic E-state index is 1.14. The fourth-order valence-electron chi connectivity index (χ4n) is 1.71. The highest BCUT2D eigenvalue weighted by Gasteiger charge is 2.08. The Hall–Kier alpha value is -1.52. The van der Waals surface area contributed by atoms with E-state index in [9.17, 15) is 0 Å². The van der Waals surface area contributed by atoms with Crippen LogP contribution in [0.4, 0.5) is 0 Å². The first-order chi connectivity index (χ1) is 7.20. The Kier molecular flexibility index (Phi) is 4.15. The van der Waals surface area contributed by atoms with Crippen LogP contribution in [0.5, 0.6) is 0 Å². The van der Waals surface area contributed by atoms with Gasteiger partial charge in [0.2, 0.25) is 0 Å². The Morgan fingerprint density at radius 3 is 2.80 bits per heavy atom. The molecule has 78 valence electrons. The number of hydrogen-bond donors (Lipinski definition) is 0. The zero-order valence-corrected chi connectivity index (χ0v) is 9.64. The Balaban J connectivity index is 3.28. The molecule has 0 saturated heterocycles. The predicted octanol–water partition coefficient (Wildman–Crippen LogP) is 4.50. The number of allylic oxidation sites excluding steroid dienone is 8. The van der Waals surface area contributed by atoms with Gasteiger partial charge in [0, 0.05) is 0 Å². The van der Waals surface area contributed by atoms with Crippen molar-refractivity contribution in [1.82, 2.24) is 0 Å². The second kappa shape index (κ2) is 5.38. The number of rotatable bonds is 3. The van der Waals surface area contributed by atoms with Gasteiger partial charge in [-0.15, -0.1) is 5.73 Å². The Labute approximate surface area is 92.7 Å². The lowest BCUT2D eigenvalue weighted by atomic mass is 9.90. The molecule has 0 aromatic carbocycles. The fraction of sp³-hybridized carbons (Fsp3) is 0.267. The first-order valence-electron chi connectivity index (χ1n) is 5.26. The van der Waals surface area contributed by atoms with Gasteiger partial charge in [-0.2, -0.15) is 0 Å². The molecule has 0 nitrogen and oxygen atoms in total. The molecular weight excluding hydrogens is 180 g/mol. The maximum absolute atomic E-state index is 3.81. The number of hydrogen-bond acceptors (Lipinski definition) is 0. The third kappa shape index (κ3) is 2.71. The van der Waals surface area contributed by atoms with Crippen LogP contribution in [0.3, 0.4) is 0 Å². The maximum atomic E-state index is 3.81. The highest BCUT2D eigenvalue weighted by molar-refractivity contribution is 5.53.